The fourth-order valence-corrected chi connectivity index (χ4v) is 3.57. The molecule has 1 aromatic carbocycles. The van der Waals surface area contributed by atoms with Crippen molar-refractivity contribution in [2.75, 3.05) is 0 Å². The van der Waals surface area contributed by atoms with Gasteiger partial charge in [-0.1, -0.05) is 6.42 Å². The fourth-order valence-electron chi connectivity index (χ4n) is 3.57. The predicted molar refractivity (Wildman–Crippen MR) is 72.5 cm³/mol. The highest BCUT2D eigenvalue weighted by Gasteiger charge is 2.42. The molecule has 3 rings (SSSR count). The topological polar surface area (TPSA) is 29.5 Å². The molecule has 18 heavy (non-hydrogen) atoms. The van der Waals surface area contributed by atoms with Crippen LogP contribution in [0.2, 0.25) is 0 Å². The summed E-state index contributed by atoms with van der Waals surface area (Å²) in [6.07, 6.45) is 7.21. The summed E-state index contributed by atoms with van der Waals surface area (Å²) in [6.45, 7) is 6.06. The van der Waals surface area contributed by atoms with Crippen LogP contribution in [0.1, 0.15) is 54.4 Å². The molecule has 1 N–H and O–H groups in total. The molecule has 1 fully saturated rings. The third-order valence-electron chi connectivity index (χ3n) is 4.92. The molecule has 2 nitrogen and oxygen atoms in total. The molecule has 1 aliphatic carbocycles. The molecule has 0 atom stereocenters. The van der Waals surface area contributed by atoms with E-state index >= 15 is 0 Å². The van der Waals surface area contributed by atoms with E-state index in [-0.39, 0.29) is 5.60 Å². The maximum atomic E-state index is 10.2. The highest BCUT2D eigenvalue weighted by atomic mass is 16.5. The van der Waals surface area contributed by atoms with Crippen molar-refractivity contribution in [3.63, 3.8) is 0 Å². The Hall–Kier alpha value is -1.18. The van der Waals surface area contributed by atoms with Crippen molar-refractivity contribution in [3.05, 3.63) is 22.3 Å². The van der Waals surface area contributed by atoms with Gasteiger partial charge in [0.25, 0.3) is 0 Å². The van der Waals surface area contributed by atoms with E-state index in [0.29, 0.717) is 5.75 Å². The Labute approximate surface area is 109 Å². The van der Waals surface area contributed by atoms with E-state index in [9.17, 15) is 5.11 Å². The first-order valence-corrected chi connectivity index (χ1v) is 7.05. The van der Waals surface area contributed by atoms with E-state index in [1.54, 1.807) is 0 Å². The molecule has 1 saturated carbocycles. The SMILES string of the molecule is Cc1c(C)c2c(c(C)c1O)CC1(CCCCC1)O2. The van der Waals surface area contributed by atoms with Crippen molar-refractivity contribution < 1.29 is 9.84 Å². The van der Waals surface area contributed by atoms with E-state index in [2.05, 4.69) is 6.92 Å². The van der Waals surface area contributed by atoms with E-state index in [1.165, 1.54) is 37.7 Å². The van der Waals surface area contributed by atoms with Gasteiger partial charge in [0.2, 0.25) is 0 Å². The van der Waals surface area contributed by atoms with Crippen LogP contribution in [0.25, 0.3) is 0 Å². The molecule has 0 amide bonds. The Morgan fingerprint density at radius 2 is 1.61 bits per heavy atom. The van der Waals surface area contributed by atoms with Gasteiger partial charge in [-0.2, -0.15) is 0 Å². The molecule has 2 heteroatoms. The molecule has 0 radical (unpaired) electrons. The number of ether oxygens (including phenoxy) is 1. The number of benzene rings is 1. The summed E-state index contributed by atoms with van der Waals surface area (Å²) >= 11 is 0. The first-order chi connectivity index (χ1) is 8.54. The number of fused-ring (bicyclic) bond motifs is 1. The van der Waals surface area contributed by atoms with Gasteiger partial charge in [0.15, 0.2) is 0 Å². The minimum absolute atomic E-state index is 0.0380. The van der Waals surface area contributed by atoms with Crippen LogP contribution in [0.4, 0.5) is 0 Å². The van der Waals surface area contributed by atoms with Gasteiger partial charge in [-0.15, -0.1) is 0 Å². The monoisotopic (exact) mass is 246 g/mol. The van der Waals surface area contributed by atoms with Crippen LogP contribution in [0.15, 0.2) is 0 Å². The molecule has 0 aromatic heterocycles. The number of hydrogen-bond acceptors (Lipinski definition) is 2. The van der Waals surface area contributed by atoms with Crippen molar-refractivity contribution in [3.8, 4) is 11.5 Å². The zero-order valence-corrected chi connectivity index (χ0v) is 11.6. The van der Waals surface area contributed by atoms with Crippen molar-refractivity contribution in [2.45, 2.75) is 64.9 Å². The minimum atomic E-state index is 0.0380. The lowest BCUT2D eigenvalue weighted by atomic mass is 9.81. The van der Waals surface area contributed by atoms with Gasteiger partial charge in [0.05, 0.1) is 0 Å². The number of rotatable bonds is 0. The highest BCUT2D eigenvalue weighted by Crippen LogP contribution is 2.49. The molecular weight excluding hydrogens is 224 g/mol. The van der Waals surface area contributed by atoms with Gasteiger partial charge >= 0.3 is 0 Å². The van der Waals surface area contributed by atoms with E-state index in [4.69, 9.17) is 4.74 Å². The smallest absolute Gasteiger partial charge is 0.127 e. The van der Waals surface area contributed by atoms with Crippen LogP contribution in [-0.4, -0.2) is 10.7 Å². The average Bonchev–Trinajstić information content (AvgIpc) is 2.74. The van der Waals surface area contributed by atoms with Crippen LogP contribution in [0.5, 0.6) is 11.5 Å². The van der Waals surface area contributed by atoms with Gasteiger partial charge in [-0.05, 0) is 63.1 Å². The van der Waals surface area contributed by atoms with E-state index in [0.717, 1.165) is 28.9 Å². The first kappa shape index (κ1) is 11.9. The quantitative estimate of drug-likeness (QED) is 0.751. The third kappa shape index (κ3) is 1.54. The summed E-state index contributed by atoms with van der Waals surface area (Å²) in [6, 6.07) is 0. The van der Waals surface area contributed by atoms with Crippen molar-refractivity contribution in [2.24, 2.45) is 0 Å². The van der Waals surface area contributed by atoms with E-state index in [1.807, 2.05) is 13.8 Å². The van der Waals surface area contributed by atoms with Crippen LogP contribution in [-0.2, 0) is 6.42 Å². The van der Waals surface area contributed by atoms with Gasteiger partial charge in [-0.3, -0.25) is 0 Å². The Morgan fingerprint density at radius 1 is 0.944 bits per heavy atom. The molecule has 98 valence electrons. The Morgan fingerprint density at radius 3 is 2.28 bits per heavy atom. The second-order valence-corrected chi connectivity index (χ2v) is 6.05. The summed E-state index contributed by atoms with van der Waals surface area (Å²) in [5.74, 6) is 1.52. The highest BCUT2D eigenvalue weighted by molar-refractivity contribution is 5.59. The second kappa shape index (κ2) is 3.91. The lowest BCUT2D eigenvalue weighted by molar-refractivity contribution is 0.0523. The molecular formula is C16H22O2. The Balaban J connectivity index is 2.07. The summed E-state index contributed by atoms with van der Waals surface area (Å²) < 4.78 is 6.37. The summed E-state index contributed by atoms with van der Waals surface area (Å²) in [5, 5.41) is 10.2. The van der Waals surface area contributed by atoms with Crippen LogP contribution in [0.3, 0.4) is 0 Å². The number of phenols is 1. The molecule has 1 heterocycles. The average molecular weight is 246 g/mol. The van der Waals surface area contributed by atoms with Crippen molar-refractivity contribution in [1.29, 1.82) is 0 Å². The molecule has 1 spiro atoms. The molecule has 0 unspecified atom stereocenters. The standard InChI is InChI=1S/C16H22O2/c1-10-11(2)15-13(12(3)14(10)17)9-16(18-15)7-5-4-6-8-16/h17H,4-9H2,1-3H3. The lowest BCUT2D eigenvalue weighted by Gasteiger charge is -2.32. The zero-order valence-electron chi connectivity index (χ0n) is 11.6. The number of hydrogen-bond donors (Lipinski definition) is 1. The molecule has 1 aromatic rings. The molecule has 2 aliphatic rings. The zero-order chi connectivity index (χ0) is 12.9. The van der Waals surface area contributed by atoms with Gasteiger partial charge < -0.3 is 9.84 Å². The van der Waals surface area contributed by atoms with E-state index < -0.39 is 0 Å². The predicted octanol–water partition coefficient (Wildman–Crippen LogP) is 3.96. The van der Waals surface area contributed by atoms with Crippen LogP contribution in [0, 0.1) is 20.8 Å². The molecule has 1 aliphatic heterocycles. The number of aromatic hydroxyl groups is 1. The minimum Gasteiger partial charge on any atom is -0.507 e. The summed E-state index contributed by atoms with van der Waals surface area (Å²) in [7, 11) is 0. The molecule has 0 saturated heterocycles. The third-order valence-corrected chi connectivity index (χ3v) is 4.92. The normalized spacial score (nSPS) is 20.8. The number of phenolic OH excluding ortho intramolecular Hbond substituents is 1. The summed E-state index contributed by atoms with van der Waals surface area (Å²) in [4.78, 5) is 0. The maximum absolute atomic E-state index is 10.2. The maximum Gasteiger partial charge on any atom is 0.127 e. The van der Waals surface area contributed by atoms with Crippen molar-refractivity contribution in [1.82, 2.24) is 0 Å². The van der Waals surface area contributed by atoms with Gasteiger partial charge in [0.1, 0.15) is 17.1 Å². The lowest BCUT2D eigenvalue weighted by Crippen LogP contribution is -2.36. The summed E-state index contributed by atoms with van der Waals surface area (Å²) in [5.41, 5.74) is 4.40. The first-order valence-electron chi connectivity index (χ1n) is 7.05. The van der Waals surface area contributed by atoms with Crippen LogP contribution < -0.4 is 4.74 Å². The second-order valence-electron chi connectivity index (χ2n) is 6.05. The van der Waals surface area contributed by atoms with Crippen molar-refractivity contribution >= 4 is 0 Å². The Kier molecular flexibility index (Phi) is 2.58. The molecule has 0 bridgehead atoms. The van der Waals surface area contributed by atoms with Gasteiger partial charge in [-0.25, -0.2) is 0 Å². The van der Waals surface area contributed by atoms with Gasteiger partial charge in [0, 0.05) is 12.0 Å². The largest absolute Gasteiger partial charge is 0.507 e. The van der Waals surface area contributed by atoms with Crippen LogP contribution >= 0.6 is 0 Å². The fraction of sp³-hybridized carbons (Fsp3) is 0.625. The Bertz CT molecular complexity index is 458.